The number of hydrogen-bond donors (Lipinski definition) is 0. The molecule has 0 aliphatic carbocycles. The van der Waals surface area contributed by atoms with Gasteiger partial charge in [0, 0.05) is 10.9 Å². The summed E-state index contributed by atoms with van der Waals surface area (Å²) in [4.78, 5) is 4.80. The number of aromatic nitrogens is 1. The lowest BCUT2D eigenvalue weighted by Gasteiger charge is -2.11. The van der Waals surface area contributed by atoms with Crippen LogP contribution in [0.3, 0.4) is 0 Å². The fraction of sp³-hybridized carbons (Fsp3) is 0.0455. The van der Waals surface area contributed by atoms with Crippen LogP contribution in [0.1, 0.15) is 5.56 Å². The van der Waals surface area contributed by atoms with Crippen molar-refractivity contribution in [2.75, 3.05) is 0 Å². The maximum Gasteiger partial charge on any atom is 0.123 e. The van der Waals surface area contributed by atoms with Gasteiger partial charge in [-0.1, -0.05) is 42.5 Å². The van der Waals surface area contributed by atoms with Crippen molar-refractivity contribution in [1.29, 1.82) is 0 Å². The Kier molecular flexibility index (Phi) is 3.58. The van der Waals surface area contributed by atoms with Gasteiger partial charge in [0.2, 0.25) is 0 Å². The Morgan fingerprint density at radius 1 is 0.750 bits per heavy atom. The third-order valence-electron chi connectivity index (χ3n) is 4.19. The highest BCUT2D eigenvalue weighted by molar-refractivity contribution is 5.97. The number of fused-ring (bicyclic) bond motifs is 1. The van der Waals surface area contributed by atoms with Crippen LogP contribution < -0.4 is 0 Å². The highest BCUT2D eigenvalue weighted by Gasteiger charge is 2.09. The third-order valence-corrected chi connectivity index (χ3v) is 4.19. The van der Waals surface area contributed by atoms with Crippen molar-refractivity contribution in [3.05, 3.63) is 90.2 Å². The van der Waals surface area contributed by atoms with E-state index in [2.05, 4.69) is 43.3 Å². The van der Waals surface area contributed by atoms with Gasteiger partial charge < -0.3 is 0 Å². The second-order valence-electron chi connectivity index (χ2n) is 5.95. The van der Waals surface area contributed by atoms with E-state index in [-0.39, 0.29) is 5.82 Å². The van der Waals surface area contributed by atoms with E-state index in [1.807, 2.05) is 18.2 Å². The van der Waals surface area contributed by atoms with Gasteiger partial charge in [0.05, 0.1) is 11.2 Å². The minimum atomic E-state index is -0.237. The van der Waals surface area contributed by atoms with Crippen molar-refractivity contribution < 1.29 is 4.39 Å². The molecule has 1 aromatic heterocycles. The van der Waals surface area contributed by atoms with Crippen molar-refractivity contribution in [3.63, 3.8) is 0 Å². The van der Waals surface area contributed by atoms with Crippen LogP contribution in [0.5, 0.6) is 0 Å². The molecule has 2 heteroatoms. The Balaban J connectivity index is 2.01. The fourth-order valence-electron chi connectivity index (χ4n) is 2.96. The first-order valence-corrected chi connectivity index (χ1v) is 7.93. The molecule has 0 saturated heterocycles. The molecule has 3 aromatic carbocycles. The Morgan fingerprint density at radius 3 is 2.25 bits per heavy atom. The maximum absolute atomic E-state index is 13.2. The van der Waals surface area contributed by atoms with Crippen LogP contribution in [0, 0.1) is 12.7 Å². The van der Waals surface area contributed by atoms with E-state index in [4.69, 9.17) is 4.98 Å². The van der Waals surface area contributed by atoms with Crippen LogP contribution in [0.4, 0.5) is 4.39 Å². The highest BCUT2D eigenvalue weighted by Crippen LogP contribution is 2.32. The summed E-state index contributed by atoms with van der Waals surface area (Å²) in [5.41, 5.74) is 6.18. The molecule has 116 valence electrons. The zero-order chi connectivity index (χ0) is 16.5. The van der Waals surface area contributed by atoms with E-state index in [1.165, 1.54) is 17.7 Å². The number of rotatable bonds is 2. The molecule has 0 N–H and O–H groups in total. The van der Waals surface area contributed by atoms with E-state index in [0.29, 0.717) is 0 Å². The summed E-state index contributed by atoms with van der Waals surface area (Å²) in [6.45, 7) is 2.06. The average molecular weight is 313 g/mol. The zero-order valence-electron chi connectivity index (χ0n) is 13.3. The first-order chi connectivity index (χ1) is 11.7. The minimum Gasteiger partial charge on any atom is -0.248 e. The van der Waals surface area contributed by atoms with Crippen LogP contribution >= 0.6 is 0 Å². The molecule has 4 aromatic rings. The SMILES string of the molecule is Cc1ccc2c(-c3ccccc3)cc(-c3ccc(F)cc3)nc2c1. The summed E-state index contributed by atoms with van der Waals surface area (Å²) in [6, 6.07) is 25.2. The highest BCUT2D eigenvalue weighted by atomic mass is 19.1. The predicted octanol–water partition coefficient (Wildman–Crippen LogP) is 6.02. The molecule has 1 heterocycles. The topological polar surface area (TPSA) is 12.9 Å². The Morgan fingerprint density at radius 2 is 1.50 bits per heavy atom. The molecule has 1 nitrogen and oxygen atoms in total. The maximum atomic E-state index is 13.2. The molecule has 0 aliphatic heterocycles. The molecule has 0 aliphatic rings. The molecule has 0 amide bonds. The lowest BCUT2D eigenvalue weighted by molar-refractivity contribution is 0.628. The lowest BCUT2D eigenvalue weighted by Crippen LogP contribution is -1.91. The molecular weight excluding hydrogens is 297 g/mol. The number of benzene rings is 3. The summed E-state index contributed by atoms with van der Waals surface area (Å²) >= 11 is 0. The van der Waals surface area contributed by atoms with Crippen molar-refractivity contribution >= 4 is 10.9 Å². The smallest absolute Gasteiger partial charge is 0.123 e. The van der Waals surface area contributed by atoms with Crippen LogP contribution in [-0.2, 0) is 0 Å². The quantitative estimate of drug-likeness (QED) is 0.441. The number of pyridine rings is 1. The molecule has 0 saturated carbocycles. The number of nitrogens with zero attached hydrogens (tertiary/aromatic N) is 1. The Bertz CT molecular complexity index is 1010. The Labute approximate surface area is 140 Å². The molecule has 4 rings (SSSR count). The van der Waals surface area contributed by atoms with Crippen molar-refractivity contribution in [2.24, 2.45) is 0 Å². The van der Waals surface area contributed by atoms with Crippen LogP contribution in [0.25, 0.3) is 33.3 Å². The summed E-state index contributed by atoms with van der Waals surface area (Å²) in [7, 11) is 0. The van der Waals surface area contributed by atoms with Gasteiger partial charge in [-0.15, -0.1) is 0 Å². The van der Waals surface area contributed by atoms with E-state index < -0.39 is 0 Å². The number of hydrogen-bond acceptors (Lipinski definition) is 1. The molecular formula is C22H16FN. The first-order valence-electron chi connectivity index (χ1n) is 7.93. The zero-order valence-corrected chi connectivity index (χ0v) is 13.3. The molecule has 24 heavy (non-hydrogen) atoms. The van der Waals surface area contributed by atoms with Gasteiger partial charge in [0.15, 0.2) is 0 Å². The van der Waals surface area contributed by atoms with Gasteiger partial charge in [-0.25, -0.2) is 9.37 Å². The van der Waals surface area contributed by atoms with E-state index >= 15 is 0 Å². The standard InChI is InChI=1S/C22H16FN/c1-15-7-12-19-20(16-5-3-2-4-6-16)14-21(24-22(19)13-15)17-8-10-18(23)11-9-17/h2-14H,1H3. The normalized spacial score (nSPS) is 10.9. The van der Waals surface area contributed by atoms with Crippen molar-refractivity contribution in [3.8, 4) is 22.4 Å². The third kappa shape index (κ3) is 2.67. The summed E-state index contributed by atoms with van der Waals surface area (Å²) in [5.74, 6) is -0.237. The van der Waals surface area contributed by atoms with Gasteiger partial charge in [-0.05, 0) is 60.0 Å². The lowest BCUT2D eigenvalue weighted by atomic mass is 9.97. The van der Waals surface area contributed by atoms with Gasteiger partial charge in [0.1, 0.15) is 5.82 Å². The number of halogens is 1. The van der Waals surface area contributed by atoms with Crippen molar-refractivity contribution in [2.45, 2.75) is 6.92 Å². The summed E-state index contributed by atoms with van der Waals surface area (Å²) in [6.07, 6.45) is 0. The molecule has 0 fully saturated rings. The van der Waals surface area contributed by atoms with Gasteiger partial charge in [0.25, 0.3) is 0 Å². The molecule has 0 radical (unpaired) electrons. The summed E-state index contributed by atoms with van der Waals surface area (Å²) < 4.78 is 13.2. The fourth-order valence-corrected chi connectivity index (χ4v) is 2.96. The second kappa shape index (κ2) is 5.89. The van der Waals surface area contributed by atoms with Gasteiger partial charge >= 0.3 is 0 Å². The Hall–Kier alpha value is -3.00. The van der Waals surface area contributed by atoms with Crippen molar-refractivity contribution in [1.82, 2.24) is 4.98 Å². The second-order valence-corrected chi connectivity index (χ2v) is 5.95. The van der Waals surface area contributed by atoms with Crippen LogP contribution in [0.15, 0.2) is 78.9 Å². The predicted molar refractivity (Wildman–Crippen MR) is 97.3 cm³/mol. The van der Waals surface area contributed by atoms with Gasteiger partial charge in [-0.2, -0.15) is 0 Å². The summed E-state index contributed by atoms with van der Waals surface area (Å²) in [5, 5.41) is 1.12. The van der Waals surface area contributed by atoms with Crippen LogP contribution in [-0.4, -0.2) is 4.98 Å². The van der Waals surface area contributed by atoms with E-state index in [1.54, 1.807) is 12.1 Å². The monoisotopic (exact) mass is 313 g/mol. The van der Waals surface area contributed by atoms with Crippen LogP contribution in [0.2, 0.25) is 0 Å². The molecule has 0 bridgehead atoms. The van der Waals surface area contributed by atoms with E-state index in [9.17, 15) is 4.39 Å². The first kappa shape index (κ1) is 14.6. The molecule has 0 unspecified atom stereocenters. The largest absolute Gasteiger partial charge is 0.248 e. The molecule has 0 spiro atoms. The van der Waals surface area contributed by atoms with Gasteiger partial charge in [-0.3, -0.25) is 0 Å². The number of aryl methyl sites for hydroxylation is 1. The van der Waals surface area contributed by atoms with E-state index in [0.717, 1.165) is 33.3 Å². The minimum absolute atomic E-state index is 0.237. The molecule has 0 atom stereocenters. The average Bonchev–Trinajstić information content (AvgIpc) is 2.62.